The van der Waals surface area contributed by atoms with E-state index in [0.717, 1.165) is 0 Å². The number of Topliss-reactive ketones (excluding diaryl/α,β-unsaturated/α-hetero) is 1. The molecule has 0 bridgehead atoms. The van der Waals surface area contributed by atoms with E-state index >= 15 is 0 Å². The standard InChI is InChI=1S/C6H14O12P2/c7-3(1-17-19(11,12)13)5(9)6(10)4(8)2-18-20(14,15)16/h3,5-7,9-10H,1-2H2,(H2,11,12,13)(H2,14,15,16)/t3-,5-,6-/m1/s1/i3+1,4+1. The van der Waals surface area contributed by atoms with E-state index in [2.05, 4.69) is 9.05 Å². The largest absolute Gasteiger partial charge is 0.470 e. The first-order valence-electron chi connectivity index (χ1n) is 4.80. The SMILES string of the molecule is O=[13C](COP(=O)(O)O)[C@@H](O)[C@H](O)[13C@H](O)COP(=O)(O)O. The van der Waals surface area contributed by atoms with Crippen molar-refractivity contribution in [1.29, 1.82) is 0 Å². The minimum Gasteiger partial charge on any atom is -0.388 e. The van der Waals surface area contributed by atoms with Crippen molar-refractivity contribution in [2.24, 2.45) is 0 Å². The van der Waals surface area contributed by atoms with Crippen molar-refractivity contribution in [3.05, 3.63) is 0 Å². The molecular weight excluding hydrogens is 328 g/mol. The molecular formula is C6H14O12P2. The van der Waals surface area contributed by atoms with Crippen molar-refractivity contribution >= 4 is 21.4 Å². The summed E-state index contributed by atoms with van der Waals surface area (Å²) in [5.41, 5.74) is 0. The summed E-state index contributed by atoms with van der Waals surface area (Å²) in [4.78, 5) is 44.4. The van der Waals surface area contributed by atoms with E-state index in [9.17, 15) is 29.2 Å². The van der Waals surface area contributed by atoms with Crippen molar-refractivity contribution in [3.63, 3.8) is 0 Å². The van der Waals surface area contributed by atoms with Crippen LogP contribution in [0.3, 0.4) is 0 Å². The molecule has 3 atom stereocenters. The predicted octanol–water partition coefficient (Wildman–Crippen LogP) is -3.14. The lowest BCUT2D eigenvalue weighted by molar-refractivity contribution is -0.142. The number of carbonyl (C=O) groups is 1. The molecule has 0 saturated heterocycles. The zero-order valence-corrected chi connectivity index (χ0v) is 11.5. The number of aliphatic hydroxyl groups is 3. The summed E-state index contributed by atoms with van der Waals surface area (Å²) in [5, 5.41) is 27.7. The maximum Gasteiger partial charge on any atom is 0.470 e. The molecule has 0 fully saturated rings. The molecule has 0 aromatic heterocycles. The molecule has 20 heavy (non-hydrogen) atoms. The fourth-order valence-corrected chi connectivity index (χ4v) is 1.55. The first-order chi connectivity index (χ1) is 8.83. The van der Waals surface area contributed by atoms with E-state index in [4.69, 9.17) is 19.6 Å². The van der Waals surface area contributed by atoms with E-state index in [0.29, 0.717) is 0 Å². The van der Waals surface area contributed by atoms with E-state index < -0.39 is 53.0 Å². The van der Waals surface area contributed by atoms with E-state index in [1.807, 2.05) is 0 Å². The topological polar surface area (TPSA) is 211 Å². The number of phosphoric acid groups is 2. The first kappa shape index (κ1) is 19.8. The minimum atomic E-state index is -4.95. The molecule has 0 amide bonds. The second-order valence-corrected chi connectivity index (χ2v) is 6.00. The van der Waals surface area contributed by atoms with Crippen LogP contribution in [0.25, 0.3) is 0 Å². The van der Waals surface area contributed by atoms with Gasteiger partial charge in [0.2, 0.25) is 0 Å². The van der Waals surface area contributed by atoms with Crippen LogP contribution in [0, 0.1) is 0 Å². The van der Waals surface area contributed by atoms with Gasteiger partial charge in [-0.15, -0.1) is 0 Å². The summed E-state index contributed by atoms with van der Waals surface area (Å²) in [6, 6.07) is 0. The van der Waals surface area contributed by atoms with Crippen LogP contribution in [0.15, 0.2) is 0 Å². The number of hydrogen-bond acceptors (Lipinski definition) is 8. The summed E-state index contributed by atoms with van der Waals surface area (Å²) >= 11 is 0. The average Bonchev–Trinajstić information content (AvgIpc) is 2.29. The average molecular weight is 342 g/mol. The van der Waals surface area contributed by atoms with Crippen LogP contribution in [0.5, 0.6) is 0 Å². The number of ketones is 1. The number of phosphoric ester groups is 2. The highest BCUT2D eigenvalue weighted by atomic mass is 31.2. The van der Waals surface area contributed by atoms with Crippen molar-refractivity contribution in [3.8, 4) is 0 Å². The zero-order valence-electron chi connectivity index (χ0n) is 9.71. The number of rotatable bonds is 9. The summed E-state index contributed by atoms with van der Waals surface area (Å²) in [6.45, 7) is -2.33. The van der Waals surface area contributed by atoms with Crippen molar-refractivity contribution in [2.45, 2.75) is 18.3 Å². The second-order valence-electron chi connectivity index (χ2n) is 3.52. The van der Waals surface area contributed by atoms with E-state index in [1.165, 1.54) is 0 Å². The van der Waals surface area contributed by atoms with Gasteiger partial charge in [-0.25, -0.2) is 9.13 Å². The Kier molecular flexibility index (Phi) is 7.60. The van der Waals surface area contributed by atoms with Crippen LogP contribution in [-0.4, -0.2) is 72.2 Å². The van der Waals surface area contributed by atoms with Gasteiger partial charge in [-0.2, -0.15) is 0 Å². The van der Waals surface area contributed by atoms with E-state index in [1.54, 1.807) is 0 Å². The third kappa shape index (κ3) is 8.84. The van der Waals surface area contributed by atoms with Gasteiger partial charge in [0.15, 0.2) is 5.78 Å². The smallest absolute Gasteiger partial charge is 0.388 e. The Bertz CT molecular complexity index is 410. The zero-order chi connectivity index (χ0) is 16.1. The van der Waals surface area contributed by atoms with Crippen molar-refractivity contribution in [2.75, 3.05) is 13.2 Å². The van der Waals surface area contributed by atoms with Crippen LogP contribution in [0.2, 0.25) is 0 Å². The highest BCUT2D eigenvalue weighted by molar-refractivity contribution is 7.46. The predicted molar refractivity (Wildman–Crippen MR) is 59.0 cm³/mol. The first-order valence-corrected chi connectivity index (χ1v) is 7.86. The maximum atomic E-state index is 11.2. The molecule has 0 aromatic carbocycles. The molecule has 0 rings (SSSR count). The Labute approximate surface area is 112 Å². The molecule has 0 aromatic rings. The number of carbonyl (C=O) groups excluding carboxylic acids is 1. The summed E-state index contributed by atoms with van der Waals surface area (Å²) in [5.74, 6) is -1.36. The highest BCUT2D eigenvalue weighted by Crippen LogP contribution is 2.36. The number of aliphatic hydroxyl groups excluding tert-OH is 3. The number of hydrogen-bond donors (Lipinski definition) is 7. The molecule has 0 saturated carbocycles. The van der Waals surface area contributed by atoms with Crippen molar-refractivity contribution in [1.82, 2.24) is 0 Å². The molecule has 7 N–H and O–H groups in total. The van der Waals surface area contributed by atoms with Gasteiger partial charge in [-0.05, 0) is 0 Å². The van der Waals surface area contributed by atoms with Crippen LogP contribution in [0.1, 0.15) is 0 Å². The van der Waals surface area contributed by atoms with Gasteiger partial charge in [-0.3, -0.25) is 13.8 Å². The normalized spacial score (nSPS) is 17.6. The quantitative estimate of drug-likeness (QED) is 0.164. The molecule has 120 valence electrons. The lowest BCUT2D eigenvalue weighted by atomic mass is 10.3. The van der Waals surface area contributed by atoms with Gasteiger partial charge in [0, 0.05) is 0 Å². The molecule has 0 heterocycles. The Balaban J connectivity index is 4.38. The Morgan fingerprint density at radius 1 is 0.950 bits per heavy atom. The van der Waals surface area contributed by atoms with Gasteiger partial charge in [-0.1, -0.05) is 0 Å². The van der Waals surface area contributed by atoms with Gasteiger partial charge < -0.3 is 34.9 Å². The van der Waals surface area contributed by atoms with Crippen molar-refractivity contribution < 1.29 is 57.9 Å². The molecule has 0 radical (unpaired) electrons. The van der Waals surface area contributed by atoms with E-state index in [-0.39, 0.29) is 0 Å². The third-order valence-corrected chi connectivity index (χ3v) is 2.79. The lowest BCUT2D eigenvalue weighted by Crippen LogP contribution is -2.45. The molecule has 0 aliphatic carbocycles. The van der Waals surface area contributed by atoms with Gasteiger partial charge in [0.25, 0.3) is 0 Å². The molecule has 12 nitrogen and oxygen atoms in total. The molecule has 0 unspecified atom stereocenters. The fourth-order valence-electron chi connectivity index (χ4n) is 0.906. The third-order valence-electron chi connectivity index (χ3n) is 1.84. The van der Waals surface area contributed by atoms with Crippen LogP contribution in [0.4, 0.5) is 0 Å². The van der Waals surface area contributed by atoms with Crippen LogP contribution in [-0.2, 0) is 23.0 Å². The van der Waals surface area contributed by atoms with Gasteiger partial charge in [0.1, 0.15) is 24.9 Å². The van der Waals surface area contributed by atoms with Crippen LogP contribution < -0.4 is 0 Å². The Morgan fingerprint density at radius 2 is 1.40 bits per heavy atom. The second kappa shape index (κ2) is 7.69. The fraction of sp³-hybridized carbons (Fsp3) is 0.833. The summed E-state index contributed by atoms with van der Waals surface area (Å²) in [6.07, 6.45) is -6.53. The minimum absolute atomic E-state index is 1.09. The lowest BCUT2D eigenvalue weighted by Gasteiger charge is -2.22. The van der Waals surface area contributed by atoms with Crippen LogP contribution >= 0.6 is 15.6 Å². The van der Waals surface area contributed by atoms with Gasteiger partial charge in [0.05, 0.1) is 6.61 Å². The summed E-state index contributed by atoms with van der Waals surface area (Å²) < 4.78 is 28.2. The molecule has 0 aliphatic heterocycles. The monoisotopic (exact) mass is 342 g/mol. The Morgan fingerprint density at radius 3 is 1.80 bits per heavy atom. The highest BCUT2D eigenvalue weighted by Gasteiger charge is 2.32. The molecule has 0 aliphatic rings. The molecule has 14 heteroatoms. The summed E-state index contributed by atoms with van der Waals surface area (Å²) in [7, 11) is -9.87. The van der Waals surface area contributed by atoms with Gasteiger partial charge >= 0.3 is 15.6 Å². The maximum absolute atomic E-state index is 11.2. The molecule has 0 spiro atoms. The Hall–Kier alpha value is -0.230.